The van der Waals surface area contributed by atoms with E-state index in [1.807, 2.05) is 27.7 Å². The summed E-state index contributed by atoms with van der Waals surface area (Å²) in [7, 11) is 0. The van der Waals surface area contributed by atoms with Gasteiger partial charge in [0, 0.05) is 12.2 Å². The van der Waals surface area contributed by atoms with Gasteiger partial charge in [0.15, 0.2) is 0 Å². The van der Waals surface area contributed by atoms with Crippen molar-refractivity contribution in [3.8, 4) is 0 Å². The molecule has 0 unspecified atom stereocenters. The Balaban J connectivity index is 2.56. The first-order valence-electron chi connectivity index (χ1n) is 6.62. The number of benzene rings is 1. The zero-order chi connectivity index (χ0) is 14.4. The Labute approximate surface area is 116 Å². The second-order valence-electron chi connectivity index (χ2n) is 5.23. The fourth-order valence-electron chi connectivity index (χ4n) is 2.02. The molecule has 1 aromatic rings. The van der Waals surface area contributed by atoms with Crippen molar-refractivity contribution in [1.29, 1.82) is 0 Å². The second kappa shape index (κ2) is 7.10. The van der Waals surface area contributed by atoms with Crippen molar-refractivity contribution in [1.82, 2.24) is 5.32 Å². The highest BCUT2D eigenvalue weighted by atomic mass is 16.1. The van der Waals surface area contributed by atoms with Gasteiger partial charge in [-0.1, -0.05) is 29.3 Å². The van der Waals surface area contributed by atoms with Crippen molar-refractivity contribution < 1.29 is 4.79 Å². The van der Waals surface area contributed by atoms with Crippen LogP contribution in [-0.2, 0) is 4.79 Å². The molecule has 0 aliphatic carbocycles. The van der Waals surface area contributed by atoms with Crippen LogP contribution in [0, 0.1) is 20.8 Å². The van der Waals surface area contributed by atoms with Crippen LogP contribution in [0.3, 0.4) is 0 Å². The molecule has 0 bridgehead atoms. The molecule has 1 rings (SSSR count). The molecule has 2 N–H and O–H groups in total. The number of amides is 1. The summed E-state index contributed by atoms with van der Waals surface area (Å²) in [5.41, 5.74) is 5.61. The first kappa shape index (κ1) is 15.4. The number of rotatable bonds is 5. The van der Waals surface area contributed by atoms with Crippen LogP contribution >= 0.6 is 0 Å². The summed E-state index contributed by atoms with van der Waals surface area (Å²) in [6.45, 7) is 11.2. The van der Waals surface area contributed by atoms with Gasteiger partial charge in [0.1, 0.15) is 0 Å². The van der Waals surface area contributed by atoms with Gasteiger partial charge in [-0.05, 0) is 45.7 Å². The maximum absolute atomic E-state index is 11.9. The Morgan fingerprint density at radius 3 is 2.26 bits per heavy atom. The molecule has 0 heterocycles. The van der Waals surface area contributed by atoms with E-state index in [1.54, 1.807) is 0 Å². The molecule has 1 amide bonds. The van der Waals surface area contributed by atoms with E-state index >= 15 is 0 Å². The van der Waals surface area contributed by atoms with Crippen LogP contribution in [0.1, 0.15) is 30.5 Å². The SMILES string of the molecule is CC(C)=CCNCC(=O)Nc1c(C)cc(C)cc1C. The third-order valence-electron chi connectivity index (χ3n) is 2.88. The van der Waals surface area contributed by atoms with Crippen molar-refractivity contribution in [2.75, 3.05) is 18.4 Å². The number of allylic oxidation sites excluding steroid dienone is 1. The van der Waals surface area contributed by atoms with Crippen molar-refractivity contribution in [3.63, 3.8) is 0 Å². The molecule has 0 aromatic heterocycles. The molecule has 0 aliphatic heterocycles. The predicted molar refractivity (Wildman–Crippen MR) is 81.6 cm³/mol. The number of nitrogens with one attached hydrogen (secondary N) is 2. The smallest absolute Gasteiger partial charge is 0.238 e. The lowest BCUT2D eigenvalue weighted by atomic mass is 10.1. The molecule has 0 saturated carbocycles. The maximum Gasteiger partial charge on any atom is 0.238 e. The van der Waals surface area contributed by atoms with E-state index < -0.39 is 0 Å². The Kier molecular flexibility index (Phi) is 5.77. The van der Waals surface area contributed by atoms with Crippen molar-refractivity contribution in [2.24, 2.45) is 0 Å². The molecule has 0 saturated heterocycles. The number of carbonyl (C=O) groups excluding carboxylic acids is 1. The molecule has 3 nitrogen and oxygen atoms in total. The van der Waals surface area contributed by atoms with Crippen LogP contribution < -0.4 is 10.6 Å². The summed E-state index contributed by atoms with van der Waals surface area (Å²) in [6.07, 6.45) is 2.07. The molecule has 0 radical (unpaired) electrons. The molecule has 104 valence electrons. The zero-order valence-electron chi connectivity index (χ0n) is 12.6. The largest absolute Gasteiger partial charge is 0.324 e. The van der Waals surface area contributed by atoms with Gasteiger partial charge >= 0.3 is 0 Å². The Bertz CT molecular complexity index is 463. The average molecular weight is 260 g/mol. The third kappa shape index (κ3) is 5.26. The normalized spacial score (nSPS) is 10.2. The molecule has 3 heteroatoms. The maximum atomic E-state index is 11.9. The summed E-state index contributed by atoms with van der Waals surface area (Å²) < 4.78 is 0. The summed E-state index contributed by atoms with van der Waals surface area (Å²) >= 11 is 0. The first-order valence-corrected chi connectivity index (χ1v) is 6.62. The predicted octanol–water partition coefficient (Wildman–Crippen LogP) is 3.11. The van der Waals surface area contributed by atoms with Crippen LogP contribution in [0.15, 0.2) is 23.8 Å². The summed E-state index contributed by atoms with van der Waals surface area (Å²) in [4.78, 5) is 11.9. The molecule has 19 heavy (non-hydrogen) atoms. The van der Waals surface area contributed by atoms with Crippen LogP contribution in [0.25, 0.3) is 0 Å². The third-order valence-corrected chi connectivity index (χ3v) is 2.88. The van der Waals surface area contributed by atoms with Gasteiger partial charge in [-0.3, -0.25) is 4.79 Å². The van der Waals surface area contributed by atoms with E-state index in [0.717, 1.165) is 23.4 Å². The molecule has 0 aliphatic rings. The lowest BCUT2D eigenvalue weighted by Crippen LogP contribution is -2.28. The van der Waals surface area contributed by atoms with Crippen molar-refractivity contribution in [2.45, 2.75) is 34.6 Å². The lowest BCUT2D eigenvalue weighted by Gasteiger charge is -2.13. The van der Waals surface area contributed by atoms with E-state index in [-0.39, 0.29) is 5.91 Å². The summed E-state index contributed by atoms with van der Waals surface area (Å²) in [5.74, 6) is -0.00258. The molecule has 1 aromatic carbocycles. The zero-order valence-corrected chi connectivity index (χ0v) is 12.6. The minimum atomic E-state index is -0.00258. The van der Waals surface area contributed by atoms with Crippen LogP contribution in [0.5, 0.6) is 0 Å². The average Bonchev–Trinajstić information content (AvgIpc) is 2.29. The van der Waals surface area contributed by atoms with Crippen molar-refractivity contribution in [3.05, 3.63) is 40.5 Å². The van der Waals surface area contributed by atoms with Gasteiger partial charge in [-0.15, -0.1) is 0 Å². The van der Waals surface area contributed by atoms with Crippen LogP contribution in [0.2, 0.25) is 0 Å². The highest BCUT2D eigenvalue weighted by molar-refractivity contribution is 5.93. The Hall–Kier alpha value is -1.61. The van der Waals surface area contributed by atoms with Gasteiger partial charge in [-0.25, -0.2) is 0 Å². The minimum absolute atomic E-state index is 0.00258. The first-order chi connectivity index (χ1) is 8.90. The fraction of sp³-hybridized carbons (Fsp3) is 0.438. The highest BCUT2D eigenvalue weighted by Crippen LogP contribution is 2.21. The van der Waals surface area contributed by atoms with E-state index in [1.165, 1.54) is 11.1 Å². The van der Waals surface area contributed by atoms with Gasteiger partial charge in [0.2, 0.25) is 5.91 Å². The van der Waals surface area contributed by atoms with Crippen LogP contribution in [-0.4, -0.2) is 19.0 Å². The molecular formula is C16H24N2O. The topological polar surface area (TPSA) is 41.1 Å². The summed E-state index contributed by atoms with van der Waals surface area (Å²) in [5, 5.41) is 6.07. The molecule has 0 fully saturated rings. The fourth-order valence-corrected chi connectivity index (χ4v) is 2.02. The molecular weight excluding hydrogens is 236 g/mol. The number of carbonyl (C=O) groups is 1. The number of anilines is 1. The number of hydrogen-bond donors (Lipinski definition) is 2. The molecule has 0 atom stereocenters. The standard InChI is InChI=1S/C16H24N2O/c1-11(2)6-7-17-10-15(19)18-16-13(4)8-12(3)9-14(16)5/h6,8-9,17H,7,10H2,1-5H3,(H,18,19). The van der Waals surface area contributed by atoms with Crippen molar-refractivity contribution >= 4 is 11.6 Å². The minimum Gasteiger partial charge on any atom is -0.324 e. The Morgan fingerprint density at radius 1 is 1.16 bits per heavy atom. The van der Waals surface area contributed by atoms with Gasteiger partial charge < -0.3 is 10.6 Å². The summed E-state index contributed by atoms with van der Waals surface area (Å²) in [6, 6.07) is 4.17. The Morgan fingerprint density at radius 2 is 1.74 bits per heavy atom. The van der Waals surface area contributed by atoms with Gasteiger partial charge in [0.05, 0.1) is 6.54 Å². The molecule has 0 spiro atoms. The highest BCUT2D eigenvalue weighted by Gasteiger charge is 2.07. The van der Waals surface area contributed by atoms with E-state index in [2.05, 4.69) is 35.8 Å². The quantitative estimate of drug-likeness (QED) is 0.631. The lowest BCUT2D eigenvalue weighted by molar-refractivity contribution is -0.115. The second-order valence-corrected chi connectivity index (χ2v) is 5.23. The van der Waals surface area contributed by atoms with E-state index in [9.17, 15) is 4.79 Å². The number of aryl methyl sites for hydroxylation is 3. The monoisotopic (exact) mass is 260 g/mol. The van der Waals surface area contributed by atoms with E-state index in [0.29, 0.717) is 6.54 Å². The van der Waals surface area contributed by atoms with Gasteiger partial charge in [0.25, 0.3) is 0 Å². The van der Waals surface area contributed by atoms with Gasteiger partial charge in [-0.2, -0.15) is 0 Å². The number of hydrogen-bond acceptors (Lipinski definition) is 2. The van der Waals surface area contributed by atoms with Crippen LogP contribution in [0.4, 0.5) is 5.69 Å². The van der Waals surface area contributed by atoms with E-state index in [4.69, 9.17) is 0 Å².